The summed E-state index contributed by atoms with van der Waals surface area (Å²) in [6.07, 6.45) is -0.630. The quantitative estimate of drug-likeness (QED) is 0.333. The highest BCUT2D eigenvalue weighted by Gasteiger charge is 1.93. The molecule has 0 aliphatic rings. The lowest BCUT2D eigenvalue weighted by molar-refractivity contribution is 0.0902. The van der Waals surface area contributed by atoms with Crippen molar-refractivity contribution in [3.63, 3.8) is 0 Å². The molecule has 0 fully saturated rings. The zero-order chi connectivity index (χ0) is 10.7. The molecule has 78 valence electrons. The van der Waals surface area contributed by atoms with Gasteiger partial charge in [0.05, 0.1) is 7.11 Å². The van der Waals surface area contributed by atoms with Crippen molar-refractivity contribution in [2.75, 3.05) is 17.8 Å². The molecule has 0 saturated heterocycles. The lowest BCUT2D eigenvalue weighted by Crippen LogP contribution is -2.00. The highest BCUT2D eigenvalue weighted by molar-refractivity contribution is 14.1. The van der Waals surface area contributed by atoms with E-state index in [-0.39, 0.29) is 6.07 Å². The van der Waals surface area contributed by atoms with E-state index >= 15 is 0 Å². The van der Waals surface area contributed by atoms with E-state index in [1.165, 1.54) is 7.11 Å². The van der Waals surface area contributed by atoms with E-state index in [1.54, 1.807) is 0 Å². The first kappa shape index (κ1) is 15.5. The first-order valence-electron chi connectivity index (χ1n) is 2.73. The van der Waals surface area contributed by atoms with Crippen LogP contribution in [0.25, 0.3) is 0 Å². The summed E-state index contributed by atoms with van der Waals surface area (Å²) >= 11 is 11.4. The number of carbonyl (C=O) groups is 2. The number of carbonyl (C=O) groups excluding carboxylic acids is 2. The highest BCUT2D eigenvalue weighted by Crippen LogP contribution is 1.86. The monoisotopic (exact) mass is 344 g/mol. The molecule has 0 unspecified atom stereocenters. The SMILES string of the molecule is COC(=O)OCI.O=C(Cl)OCCl. The molecule has 0 spiro atoms. The minimum absolute atomic E-state index is 0.178. The highest BCUT2D eigenvalue weighted by atomic mass is 127. The summed E-state index contributed by atoms with van der Waals surface area (Å²) in [5.74, 6) is 0. The van der Waals surface area contributed by atoms with Gasteiger partial charge in [-0.1, -0.05) is 11.6 Å². The average Bonchev–Trinajstić information content (AvgIpc) is 2.05. The fourth-order valence-corrected chi connectivity index (χ4v) is 0.610. The molecule has 0 aromatic carbocycles. The molecule has 0 saturated carbocycles. The van der Waals surface area contributed by atoms with E-state index < -0.39 is 11.6 Å². The molecule has 13 heavy (non-hydrogen) atoms. The first-order chi connectivity index (χ1) is 6.08. The van der Waals surface area contributed by atoms with Crippen LogP contribution in [-0.4, -0.2) is 29.4 Å². The van der Waals surface area contributed by atoms with E-state index in [1.807, 2.05) is 22.6 Å². The third kappa shape index (κ3) is 18.8. The van der Waals surface area contributed by atoms with Gasteiger partial charge in [0, 0.05) is 11.6 Å². The van der Waals surface area contributed by atoms with Gasteiger partial charge >= 0.3 is 11.6 Å². The van der Waals surface area contributed by atoms with Crippen molar-refractivity contribution in [1.29, 1.82) is 0 Å². The maximum absolute atomic E-state index is 9.96. The van der Waals surface area contributed by atoms with Crippen LogP contribution in [0.15, 0.2) is 0 Å². The second-order valence-corrected chi connectivity index (χ2v) is 2.35. The molecule has 0 amide bonds. The Hall–Kier alpha value is 0.0500. The van der Waals surface area contributed by atoms with Crippen molar-refractivity contribution >= 4 is 57.4 Å². The van der Waals surface area contributed by atoms with Crippen molar-refractivity contribution in [3.05, 3.63) is 0 Å². The van der Waals surface area contributed by atoms with Gasteiger partial charge in [-0.05, 0) is 22.6 Å². The maximum Gasteiger partial charge on any atom is 0.508 e. The minimum atomic E-state index is -0.870. The number of alkyl halides is 2. The Balaban J connectivity index is 0. The summed E-state index contributed by atoms with van der Waals surface area (Å²) in [4.78, 5) is 19.5. The second kappa shape index (κ2) is 12.0. The van der Waals surface area contributed by atoms with Crippen LogP contribution in [0.5, 0.6) is 0 Å². The number of methoxy groups -OCH3 is 1. The fraction of sp³-hybridized carbons (Fsp3) is 0.600. The zero-order valence-corrected chi connectivity index (χ0v) is 10.3. The topological polar surface area (TPSA) is 61.8 Å². The first-order valence-corrected chi connectivity index (χ1v) is 5.17. The molecule has 0 aromatic rings. The Morgan fingerprint density at radius 1 is 1.38 bits per heavy atom. The fourth-order valence-electron chi connectivity index (χ4n) is 0.146. The van der Waals surface area contributed by atoms with E-state index in [9.17, 15) is 9.59 Å². The van der Waals surface area contributed by atoms with Gasteiger partial charge in [-0.15, -0.1) is 0 Å². The van der Waals surface area contributed by atoms with Gasteiger partial charge in [-0.25, -0.2) is 9.59 Å². The number of halogens is 3. The summed E-state index contributed by atoms with van der Waals surface area (Å²) in [6.45, 7) is 0. The molecule has 5 nitrogen and oxygen atoms in total. The number of hydrogen-bond donors (Lipinski definition) is 0. The Kier molecular flexibility index (Phi) is 14.4. The summed E-state index contributed by atoms with van der Waals surface area (Å²) in [5, 5.41) is 0. The van der Waals surface area contributed by atoms with Gasteiger partial charge in [-0.2, -0.15) is 0 Å². The third-order valence-electron chi connectivity index (χ3n) is 0.507. The summed E-state index contributed by atoms with van der Waals surface area (Å²) in [5.41, 5.74) is -0.870. The van der Waals surface area contributed by atoms with Crippen LogP contribution in [-0.2, 0) is 14.2 Å². The van der Waals surface area contributed by atoms with E-state index in [4.69, 9.17) is 11.6 Å². The van der Waals surface area contributed by atoms with Crippen LogP contribution < -0.4 is 0 Å². The smallest absolute Gasteiger partial charge is 0.438 e. The summed E-state index contributed by atoms with van der Waals surface area (Å²) < 4.78 is 12.7. The standard InChI is InChI=1S/C3H5IO3.C2H2Cl2O2/c1-6-3(5)7-2-4;3-1-6-2(4)5/h2H2,1H3;1H2. The molecular weight excluding hydrogens is 338 g/mol. The molecule has 0 N–H and O–H groups in total. The molecule has 0 aliphatic heterocycles. The maximum atomic E-state index is 9.96. The van der Waals surface area contributed by atoms with Gasteiger partial charge in [-0.3, -0.25) is 0 Å². The molecule has 0 aromatic heterocycles. The average molecular weight is 345 g/mol. The van der Waals surface area contributed by atoms with Crippen LogP contribution in [0.1, 0.15) is 0 Å². The summed E-state index contributed by atoms with van der Waals surface area (Å²) in [6, 6.07) is -0.178. The summed E-state index contributed by atoms with van der Waals surface area (Å²) in [7, 11) is 1.27. The number of ether oxygens (including phenoxy) is 3. The van der Waals surface area contributed by atoms with E-state index in [0.29, 0.717) is 4.61 Å². The molecule has 0 radical (unpaired) electrons. The normalized spacial score (nSPS) is 7.69. The molecule has 0 rings (SSSR count). The van der Waals surface area contributed by atoms with Crippen LogP contribution in [0.3, 0.4) is 0 Å². The minimum Gasteiger partial charge on any atom is -0.438 e. The Morgan fingerprint density at radius 2 is 1.92 bits per heavy atom. The van der Waals surface area contributed by atoms with Gasteiger partial charge in [0.2, 0.25) is 0 Å². The Bertz CT molecular complexity index is 154. The second-order valence-electron chi connectivity index (χ2n) is 1.20. The van der Waals surface area contributed by atoms with Crippen molar-refractivity contribution in [2.45, 2.75) is 0 Å². The van der Waals surface area contributed by atoms with Crippen molar-refractivity contribution < 1.29 is 23.8 Å². The zero-order valence-electron chi connectivity index (χ0n) is 6.59. The predicted octanol–water partition coefficient (Wildman–Crippen LogP) is 2.72. The molecule has 0 aliphatic carbocycles. The molecule has 8 heteroatoms. The van der Waals surface area contributed by atoms with Crippen LogP contribution in [0.4, 0.5) is 9.59 Å². The number of rotatable bonds is 2. The molecule has 0 bridgehead atoms. The number of hydrogen-bond acceptors (Lipinski definition) is 5. The van der Waals surface area contributed by atoms with Crippen molar-refractivity contribution in [1.82, 2.24) is 0 Å². The largest absolute Gasteiger partial charge is 0.508 e. The van der Waals surface area contributed by atoms with E-state index in [0.717, 1.165) is 0 Å². The third-order valence-corrected chi connectivity index (χ3v) is 1.04. The lowest BCUT2D eigenvalue weighted by atomic mass is 11.3. The molecular formula is C5H7Cl2IO5. The Labute approximate surface area is 98.7 Å². The van der Waals surface area contributed by atoms with Crippen LogP contribution in [0.2, 0.25) is 0 Å². The van der Waals surface area contributed by atoms with Crippen LogP contribution >= 0.6 is 45.8 Å². The van der Waals surface area contributed by atoms with Crippen molar-refractivity contribution in [3.8, 4) is 0 Å². The van der Waals surface area contributed by atoms with E-state index in [2.05, 4.69) is 25.8 Å². The van der Waals surface area contributed by atoms with Crippen LogP contribution in [0, 0.1) is 0 Å². The van der Waals surface area contributed by atoms with Gasteiger partial charge in [0.25, 0.3) is 0 Å². The molecule has 0 heterocycles. The van der Waals surface area contributed by atoms with Crippen molar-refractivity contribution in [2.24, 2.45) is 0 Å². The van der Waals surface area contributed by atoms with Gasteiger partial charge in [0.1, 0.15) is 4.61 Å². The Morgan fingerprint density at radius 3 is 2.00 bits per heavy atom. The van der Waals surface area contributed by atoms with Gasteiger partial charge < -0.3 is 14.2 Å². The molecule has 0 atom stereocenters. The predicted molar refractivity (Wildman–Crippen MR) is 55.4 cm³/mol. The van der Waals surface area contributed by atoms with Gasteiger partial charge in [0.15, 0.2) is 6.07 Å². The lowest BCUT2D eigenvalue weighted by Gasteiger charge is -1.93.